The van der Waals surface area contributed by atoms with Crippen LogP contribution in [0.2, 0.25) is 0 Å². The summed E-state index contributed by atoms with van der Waals surface area (Å²) < 4.78 is 5.73. The number of carbonyl (C=O) groups is 12. The Hall–Kier alpha value is -6.93. The quantitative estimate of drug-likeness (QED) is 0.0438. The maximum absolute atomic E-state index is 14.2. The highest BCUT2D eigenvalue weighted by Crippen LogP contribution is 2.18. The van der Waals surface area contributed by atoms with Crippen LogP contribution in [0.15, 0.2) is 30.3 Å². The molecule has 1 fully saturated rings. The molecule has 0 spiro atoms. The minimum atomic E-state index is -1.85. The monoisotopic (exact) mass is 1140 g/mol. The lowest BCUT2D eigenvalue weighted by Gasteiger charge is -2.33. The number of esters is 1. The third kappa shape index (κ3) is 22.4. The van der Waals surface area contributed by atoms with E-state index < -0.39 is 168 Å². The lowest BCUT2D eigenvalue weighted by atomic mass is 9.96. The van der Waals surface area contributed by atoms with Crippen molar-refractivity contribution in [1.82, 2.24) is 52.8 Å². The van der Waals surface area contributed by atoms with Crippen LogP contribution < -0.4 is 53.6 Å². The number of hydrogen-bond donors (Lipinski definition) is 12. The van der Waals surface area contributed by atoms with E-state index >= 15 is 0 Å². The summed E-state index contributed by atoms with van der Waals surface area (Å²) in [6.07, 6.45) is -5.70. The summed E-state index contributed by atoms with van der Waals surface area (Å²) in [5, 5.41) is 43.8. The van der Waals surface area contributed by atoms with Gasteiger partial charge in [0, 0.05) is 24.8 Å². The predicted octanol–water partition coefficient (Wildman–Crippen LogP) is -2.44. The second-order valence-electron chi connectivity index (χ2n) is 20.3. The van der Waals surface area contributed by atoms with Gasteiger partial charge in [-0.05, 0) is 58.4 Å². The van der Waals surface area contributed by atoms with Crippen molar-refractivity contribution in [3.63, 3.8) is 0 Å². The summed E-state index contributed by atoms with van der Waals surface area (Å²) in [5.74, 6) is -11.7. The van der Waals surface area contributed by atoms with Gasteiger partial charge in [-0.2, -0.15) is 0 Å². The fourth-order valence-electron chi connectivity index (χ4n) is 8.52. The number of nitrogens with one attached hydrogen (secondary N) is 9. The van der Waals surface area contributed by atoms with Gasteiger partial charge in [-0.1, -0.05) is 77.8 Å². The van der Waals surface area contributed by atoms with Crippen LogP contribution in [-0.2, 0) is 68.7 Å². The zero-order valence-corrected chi connectivity index (χ0v) is 47.3. The number of nitrogens with zero attached hydrogens (tertiary/aromatic N) is 1. The third-order valence-corrected chi connectivity index (χ3v) is 13.5. The van der Waals surface area contributed by atoms with Crippen molar-refractivity contribution in [2.24, 2.45) is 17.6 Å². The molecule has 1 heterocycles. The topological polar surface area (TPSA) is 392 Å². The number of alkyl halides is 1. The fourth-order valence-corrected chi connectivity index (χ4v) is 8.67. The fraction of sp³-hybridized carbons (Fsp3) is 0.654. The Bertz CT molecular complexity index is 2280. The van der Waals surface area contributed by atoms with Crippen LogP contribution in [0, 0.1) is 11.8 Å². The summed E-state index contributed by atoms with van der Waals surface area (Å²) in [6.45, 7) is 13.0. The number of likely N-dealkylation sites (N-methyl/N-ethyl adjacent to an activating group) is 1. The van der Waals surface area contributed by atoms with Crippen LogP contribution in [0.5, 0.6) is 0 Å². The smallest absolute Gasteiger partial charge is 0.328 e. The molecule has 11 amide bonds. The lowest BCUT2D eigenvalue weighted by Crippen LogP contribution is -2.63. The second-order valence-corrected chi connectivity index (χ2v) is 21.0. The highest BCUT2D eigenvalue weighted by Gasteiger charge is 2.40. The number of aliphatic hydroxyl groups is 2. The number of cyclic esters (lactones) is 1. The van der Waals surface area contributed by atoms with Crippen LogP contribution in [0.25, 0.3) is 0 Å². The van der Waals surface area contributed by atoms with E-state index in [9.17, 15) is 67.7 Å². The number of primary amides is 1. The number of amides is 11. The summed E-state index contributed by atoms with van der Waals surface area (Å²) in [5.41, 5.74) is 6.02. The minimum Gasteiger partial charge on any atom is -0.459 e. The molecule has 79 heavy (non-hydrogen) atoms. The number of benzene rings is 1. The van der Waals surface area contributed by atoms with E-state index in [0.29, 0.717) is 24.8 Å². The number of aliphatic hydroxyl groups excluding tert-OH is 2. The van der Waals surface area contributed by atoms with Gasteiger partial charge in [0.05, 0.1) is 37.6 Å². The number of halogens is 1. The van der Waals surface area contributed by atoms with E-state index in [4.69, 9.17) is 22.1 Å². The SMILES string of the molecule is CCC[C@@H]1C(=O)NC(C(C)C(C)Cl)C(=O)N[C@@H](CC(N)=O)C(=O)N[C@H]([C@@H](C)O)C(=O)N[C@@H](Cc2ccccc2)C(=O)NCC(=O)N[C@H](CCC)C(=O)OC(C)C(NC(=O)[C@@H](CC(C)C)NC=O)C(O)CC(=O)N[C@H](C)C(=O)N1C. The van der Waals surface area contributed by atoms with Crippen molar-refractivity contribution in [2.75, 3.05) is 13.6 Å². The molecule has 26 nitrogen and oxygen atoms in total. The summed E-state index contributed by atoms with van der Waals surface area (Å²) in [4.78, 5) is 164. The van der Waals surface area contributed by atoms with Crippen molar-refractivity contribution in [2.45, 2.75) is 192 Å². The Balaban J connectivity index is 2.79. The first kappa shape index (κ1) is 68.2. The first-order valence-electron chi connectivity index (χ1n) is 26.4. The lowest BCUT2D eigenvalue weighted by molar-refractivity contribution is -0.156. The number of rotatable bonds is 17. The Morgan fingerprint density at radius 1 is 0.797 bits per heavy atom. The van der Waals surface area contributed by atoms with Crippen molar-refractivity contribution in [3.8, 4) is 0 Å². The Labute approximate surface area is 465 Å². The molecular formula is C52H82ClN11O15. The van der Waals surface area contributed by atoms with Crippen LogP contribution >= 0.6 is 11.6 Å². The van der Waals surface area contributed by atoms with Crippen molar-refractivity contribution in [3.05, 3.63) is 35.9 Å². The van der Waals surface area contributed by atoms with Crippen molar-refractivity contribution < 1.29 is 72.5 Å². The van der Waals surface area contributed by atoms with E-state index in [1.807, 2.05) is 0 Å². The average molecular weight is 1140 g/mol. The largest absolute Gasteiger partial charge is 0.459 e. The number of carbonyl (C=O) groups excluding carboxylic acids is 12. The molecule has 0 saturated carbocycles. The number of hydrogen-bond acceptors (Lipinski definition) is 15. The van der Waals surface area contributed by atoms with Crippen LogP contribution in [0.3, 0.4) is 0 Å². The van der Waals surface area contributed by atoms with Crippen LogP contribution in [-0.4, -0.2) is 178 Å². The van der Waals surface area contributed by atoms with Crippen molar-refractivity contribution >= 4 is 83.1 Å². The molecular weight excluding hydrogens is 1050 g/mol. The van der Waals surface area contributed by atoms with Gasteiger partial charge in [-0.25, -0.2) is 4.79 Å². The number of ether oxygens (including phenoxy) is 1. The van der Waals surface area contributed by atoms with E-state index in [2.05, 4.69) is 47.9 Å². The molecule has 0 aliphatic carbocycles. The molecule has 0 aromatic heterocycles. The van der Waals surface area contributed by atoms with Gasteiger partial charge in [0.25, 0.3) is 0 Å². The maximum Gasteiger partial charge on any atom is 0.328 e. The van der Waals surface area contributed by atoms with Gasteiger partial charge in [-0.15, -0.1) is 11.6 Å². The molecule has 1 aromatic rings. The Kier molecular flexibility index (Phi) is 28.9. The zero-order chi connectivity index (χ0) is 59.8. The molecule has 13 N–H and O–H groups in total. The summed E-state index contributed by atoms with van der Waals surface area (Å²) in [6, 6.07) is -5.15. The molecule has 14 atom stereocenters. The van der Waals surface area contributed by atoms with Crippen LogP contribution in [0.1, 0.15) is 113 Å². The normalized spacial score (nSPS) is 26.9. The Morgan fingerprint density at radius 3 is 1.95 bits per heavy atom. The van der Waals surface area contributed by atoms with Gasteiger partial charge in [0.15, 0.2) is 0 Å². The van der Waals surface area contributed by atoms with Gasteiger partial charge in [-0.3, -0.25) is 52.7 Å². The number of nitrogens with two attached hydrogens (primary N) is 1. The minimum absolute atomic E-state index is 0.0104. The van der Waals surface area contributed by atoms with Gasteiger partial charge >= 0.3 is 5.97 Å². The Morgan fingerprint density at radius 2 is 1.39 bits per heavy atom. The first-order valence-corrected chi connectivity index (χ1v) is 26.9. The molecule has 0 radical (unpaired) electrons. The van der Waals surface area contributed by atoms with E-state index in [-0.39, 0.29) is 31.6 Å². The highest BCUT2D eigenvalue weighted by molar-refractivity contribution is 6.20. The molecule has 1 aliphatic rings. The predicted molar refractivity (Wildman–Crippen MR) is 287 cm³/mol. The molecule has 1 aromatic carbocycles. The second kappa shape index (κ2) is 33.5. The first-order chi connectivity index (χ1) is 37.1. The molecule has 1 saturated heterocycles. The summed E-state index contributed by atoms with van der Waals surface area (Å²) >= 11 is 6.46. The molecule has 6 unspecified atom stereocenters. The van der Waals surface area contributed by atoms with E-state index in [0.717, 1.165) is 11.8 Å². The molecule has 0 bridgehead atoms. The van der Waals surface area contributed by atoms with Gasteiger partial charge in [0.2, 0.25) is 65.5 Å². The van der Waals surface area contributed by atoms with Crippen molar-refractivity contribution in [1.29, 1.82) is 0 Å². The van der Waals surface area contributed by atoms with E-state index in [1.54, 1.807) is 58.0 Å². The summed E-state index contributed by atoms with van der Waals surface area (Å²) in [7, 11) is 1.28. The van der Waals surface area contributed by atoms with Crippen LogP contribution in [0.4, 0.5) is 0 Å². The molecule has 27 heteroatoms. The van der Waals surface area contributed by atoms with Gasteiger partial charge in [0.1, 0.15) is 54.4 Å². The maximum atomic E-state index is 14.2. The molecule has 1 aliphatic heterocycles. The standard InChI is InChI=1S/C52H82ClN11O15/c1-11-16-33-52(78)79-31(9)44(63-46(72)34(56-25-65)20-26(3)4)38(67)23-40(69)57-29(7)51(77)64(10)37(17-12-2)48(74)61-42(27(5)28(6)53)49(75)60-36(22-39(54)68)47(73)62-43(30(8)66)50(76)59-35(21-32-18-14-13-15-19-32)45(71)55-24-41(70)58-33/h13-15,18-19,25-31,33-38,42-44,66-67H,11-12,16-17,20-24H2,1-10H3,(H2,54,68)(H,55,71)(H,56,65)(H,57,69)(H,58,70)(H,59,76)(H,60,75)(H,61,74)(H,62,73)(H,63,72)/t27?,28?,29-,30-,31?,33-,34-,35+,36+,37-,38?,42?,43-,44?/m1/s1. The third-order valence-electron chi connectivity index (χ3n) is 13.1. The van der Waals surface area contributed by atoms with Gasteiger partial charge < -0.3 is 73.4 Å². The zero-order valence-electron chi connectivity index (χ0n) is 46.6. The molecule has 442 valence electrons. The average Bonchev–Trinajstić information content (AvgIpc) is 3.37. The van der Waals surface area contributed by atoms with E-state index in [1.165, 1.54) is 34.7 Å². The molecule has 2 rings (SSSR count). The highest BCUT2D eigenvalue weighted by atomic mass is 35.5.